The number of nitrogens with two attached hydrogens (primary N) is 1. The molecular weight excluding hydrogens is 535 g/mol. The van der Waals surface area contributed by atoms with Crippen molar-refractivity contribution >= 4 is 40.7 Å². The van der Waals surface area contributed by atoms with Crippen LogP contribution in [0.25, 0.3) is 11.2 Å². The third-order valence-corrected chi connectivity index (χ3v) is 7.69. The van der Waals surface area contributed by atoms with Gasteiger partial charge in [0.15, 0.2) is 17.7 Å². The summed E-state index contributed by atoms with van der Waals surface area (Å²) in [5.41, 5.74) is 5.45. The number of aliphatic hydroxyl groups excluding tert-OH is 1. The number of ether oxygens (including phenoxy) is 1. The van der Waals surface area contributed by atoms with E-state index >= 15 is 0 Å². The number of nitrogen functional groups attached to an aromatic ring is 1. The van der Waals surface area contributed by atoms with E-state index in [1.807, 2.05) is 6.07 Å². The van der Waals surface area contributed by atoms with Gasteiger partial charge in [-0.3, -0.25) is 23.1 Å². The molecule has 0 aromatic carbocycles. The number of aliphatic hydroxyl groups is 2. The van der Waals surface area contributed by atoms with Crippen molar-refractivity contribution in [1.29, 1.82) is 0 Å². The van der Waals surface area contributed by atoms with Gasteiger partial charge in [0.1, 0.15) is 29.7 Å². The molecule has 2 unspecified atom stereocenters. The Morgan fingerprint density at radius 1 is 1.38 bits per heavy atom. The van der Waals surface area contributed by atoms with E-state index < -0.39 is 38.0 Å². The largest absolute Gasteiger partial charge is 0.475 e. The first-order valence-electron chi connectivity index (χ1n) is 10.3. The fraction of sp³-hybridized carbons (Fsp3) is 0.474. The molecule has 0 amide bonds. The van der Waals surface area contributed by atoms with Crippen molar-refractivity contribution in [2.75, 3.05) is 18.9 Å². The number of hydrogen-bond donors (Lipinski definition) is 3. The van der Waals surface area contributed by atoms with E-state index in [2.05, 4.69) is 35.9 Å². The van der Waals surface area contributed by atoms with E-state index in [0.29, 0.717) is 17.6 Å². The van der Waals surface area contributed by atoms with Crippen LogP contribution in [0, 0.1) is 0 Å². The van der Waals surface area contributed by atoms with Crippen LogP contribution in [0.4, 0.5) is 5.82 Å². The van der Waals surface area contributed by atoms with E-state index in [4.69, 9.17) is 24.0 Å². The molecule has 182 valence electrons. The minimum Gasteiger partial charge on any atom is -0.387 e. The van der Waals surface area contributed by atoms with Gasteiger partial charge in [0.2, 0.25) is 0 Å². The fourth-order valence-corrected chi connectivity index (χ4v) is 5.77. The molecule has 0 radical (unpaired) electrons. The zero-order chi connectivity index (χ0) is 24.1. The molecule has 2 aliphatic rings. The van der Waals surface area contributed by atoms with Crippen molar-refractivity contribution in [3.8, 4) is 0 Å². The lowest BCUT2D eigenvalue weighted by Crippen LogP contribution is -2.44. The van der Waals surface area contributed by atoms with Gasteiger partial charge in [-0.05, 0) is 28.9 Å². The Kier molecular flexibility index (Phi) is 6.19. The highest BCUT2D eigenvalue weighted by atomic mass is 79.9. The molecule has 0 spiro atoms. The first-order chi connectivity index (χ1) is 16.2. The monoisotopic (exact) mass is 556 g/mol. The van der Waals surface area contributed by atoms with Crippen molar-refractivity contribution < 1.29 is 33.1 Å². The summed E-state index contributed by atoms with van der Waals surface area (Å²) in [6.45, 7) is 1.19. The molecule has 6 atom stereocenters. The molecule has 2 fully saturated rings. The van der Waals surface area contributed by atoms with E-state index in [0.717, 1.165) is 10.0 Å². The average Bonchev–Trinajstić information content (AvgIpc) is 3.32. The molecule has 0 saturated carbocycles. The number of halogens is 1. The highest BCUT2D eigenvalue weighted by molar-refractivity contribution is 9.10. The summed E-state index contributed by atoms with van der Waals surface area (Å²) in [4.78, 5) is 16.3. The van der Waals surface area contributed by atoms with Crippen LogP contribution in [-0.2, 0) is 22.9 Å². The summed E-state index contributed by atoms with van der Waals surface area (Å²) in [5.74, 6) is 0.168. The zero-order valence-electron chi connectivity index (χ0n) is 17.9. The molecule has 5 heterocycles. The molecule has 13 nitrogen and oxygen atoms in total. The highest BCUT2D eigenvalue weighted by Crippen LogP contribution is 2.57. The van der Waals surface area contributed by atoms with E-state index in [9.17, 15) is 14.8 Å². The van der Waals surface area contributed by atoms with Gasteiger partial charge in [-0.2, -0.15) is 0 Å². The normalized spacial score (nSPS) is 34.0. The lowest BCUT2D eigenvalue weighted by Gasteiger charge is -2.30. The number of nitrogens with zero attached hydrogens (tertiary/aromatic N) is 5. The predicted molar refractivity (Wildman–Crippen MR) is 120 cm³/mol. The Morgan fingerprint density at radius 2 is 2.21 bits per heavy atom. The first kappa shape index (κ1) is 23.7. The van der Waals surface area contributed by atoms with Crippen molar-refractivity contribution in [3.05, 3.63) is 41.2 Å². The summed E-state index contributed by atoms with van der Waals surface area (Å²) < 4.78 is 37.6. The average molecular weight is 557 g/mol. The van der Waals surface area contributed by atoms with Crippen LogP contribution >= 0.6 is 23.8 Å². The number of phosphoric acid groups is 1. The summed E-state index contributed by atoms with van der Waals surface area (Å²) in [6.07, 6.45) is 2.28. The topological polar surface area (TPSA) is 177 Å². The molecule has 5 rings (SSSR count). The third kappa shape index (κ3) is 4.25. The van der Waals surface area contributed by atoms with Crippen molar-refractivity contribution in [2.24, 2.45) is 0 Å². The Morgan fingerprint density at radius 3 is 3.00 bits per heavy atom. The van der Waals surface area contributed by atoms with E-state index in [1.54, 1.807) is 12.4 Å². The van der Waals surface area contributed by atoms with Crippen LogP contribution < -0.4 is 5.73 Å². The van der Waals surface area contributed by atoms with Crippen LogP contribution in [0.1, 0.15) is 31.2 Å². The molecule has 34 heavy (non-hydrogen) atoms. The number of phosphoric ester groups is 1. The number of hydrogen-bond acceptors (Lipinski definition) is 12. The van der Waals surface area contributed by atoms with Gasteiger partial charge in [-0.25, -0.2) is 19.5 Å². The van der Waals surface area contributed by atoms with Crippen LogP contribution in [0.2, 0.25) is 0 Å². The van der Waals surface area contributed by atoms with Crippen LogP contribution in [-0.4, -0.2) is 65.7 Å². The Hall–Kier alpha value is -2.03. The molecule has 2 saturated heterocycles. The second-order valence-electron chi connectivity index (χ2n) is 8.18. The molecule has 0 bridgehead atoms. The summed E-state index contributed by atoms with van der Waals surface area (Å²) >= 11 is 3.35. The Balaban J connectivity index is 1.31. The fourth-order valence-electron chi connectivity index (χ4n) is 3.99. The molecule has 3 aromatic heterocycles. The van der Waals surface area contributed by atoms with Crippen molar-refractivity contribution in [3.63, 3.8) is 0 Å². The quantitative estimate of drug-likeness (QED) is 0.389. The third-order valence-electron chi connectivity index (χ3n) is 5.77. The summed E-state index contributed by atoms with van der Waals surface area (Å²) in [7, 11) is -3.97. The minimum atomic E-state index is -3.97. The van der Waals surface area contributed by atoms with Crippen LogP contribution in [0.5, 0.6) is 0 Å². The number of aromatic nitrogens is 5. The first-order valence-corrected chi connectivity index (χ1v) is 12.6. The van der Waals surface area contributed by atoms with Gasteiger partial charge in [-0.15, -0.1) is 0 Å². The van der Waals surface area contributed by atoms with Gasteiger partial charge in [0, 0.05) is 28.9 Å². The number of imidazole rings is 1. The number of rotatable bonds is 5. The van der Waals surface area contributed by atoms with E-state index in [-0.39, 0.29) is 19.0 Å². The lowest BCUT2D eigenvalue weighted by molar-refractivity contribution is -0.0953. The molecule has 2 aliphatic heterocycles. The standard InChI is InChI=1S/C19H22BrN6O7P/c1-19(28)15(27)13(32-18(19)26-9-25-14-16(21)23-8-24-17(14)26)7-31-34(29)30-3-2-12(33-34)10-4-11(20)6-22-5-10/h4-6,8-9,12-13,15,18,27-28H,2-3,7H2,1H3,(H2,21,23,24)/t12?,13-,15-,18-,19-,34?/m1/s1. The zero-order valence-corrected chi connectivity index (χ0v) is 20.4. The molecule has 0 aliphatic carbocycles. The maximum Gasteiger partial charge on any atom is 0.475 e. The summed E-state index contributed by atoms with van der Waals surface area (Å²) in [6, 6.07) is 1.81. The summed E-state index contributed by atoms with van der Waals surface area (Å²) in [5, 5.41) is 21.8. The van der Waals surface area contributed by atoms with E-state index in [1.165, 1.54) is 24.1 Å². The Bertz CT molecular complexity index is 1260. The predicted octanol–water partition coefficient (Wildman–Crippen LogP) is 1.88. The van der Waals surface area contributed by atoms with Gasteiger partial charge in [0.05, 0.1) is 25.6 Å². The van der Waals surface area contributed by atoms with Crippen molar-refractivity contribution in [2.45, 2.75) is 43.5 Å². The molecular formula is C19H22BrN6O7P. The minimum absolute atomic E-state index is 0.144. The SMILES string of the molecule is C[C@@]1(O)[C@H](O)[C@@H](COP2(=O)OCCC(c3cncc(Br)c3)O2)O[C@H]1n1cnc2c(N)ncnc21. The number of anilines is 1. The maximum atomic E-state index is 13.1. The van der Waals surface area contributed by atoms with Gasteiger partial charge in [-0.1, -0.05) is 0 Å². The van der Waals surface area contributed by atoms with Gasteiger partial charge < -0.3 is 20.7 Å². The van der Waals surface area contributed by atoms with Gasteiger partial charge in [0.25, 0.3) is 0 Å². The van der Waals surface area contributed by atoms with Crippen LogP contribution in [0.15, 0.2) is 35.6 Å². The lowest BCUT2D eigenvalue weighted by atomic mass is 9.96. The second-order valence-corrected chi connectivity index (χ2v) is 10.7. The van der Waals surface area contributed by atoms with Gasteiger partial charge >= 0.3 is 7.82 Å². The van der Waals surface area contributed by atoms with Crippen molar-refractivity contribution in [1.82, 2.24) is 24.5 Å². The molecule has 15 heteroatoms. The Labute approximate surface area is 202 Å². The highest BCUT2D eigenvalue weighted by Gasteiger charge is 2.54. The number of fused-ring (bicyclic) bond motifs is 1. The molecule has 3 aromatic rings. The second kappa shape index (κ2) is 8.88. The van der Waals surface area contributed by atoms with Crippen LogP contribution in [0.3, 0.4) is 0 Å². The smallest absolute Gasteiger partial charge is 0.387 e. The molecule has 4 N–H and O–H groups in total. The number of pyridine rings is 1. The maximum absolute atomic E-state index is 13.1.